The molecule has 3 rings (SSSR count). The number of nitrogens with one attached hydrogen (secondary N) is 1. The van der Waals surface area contributed by atoms with Crippen LogP contribution in [0.3, 0.4) is 0 Å². The summed E-state index contributed by atoms with van der Waals surface area (Å²) in [5.74, 6) is -0.0119. The third kappa shape index (κ3) is 5.23. The molecule has 0 radical (unpaired) electrons. The van der Waals surface area contributed by atoms with Gasteiger partial charge in [-0.1, -0.05) is 6.07 Å². The summed E-state index contributed by atoms with van der Waals surface area (Å²) in [6.07, 6.45) is 4.62. The summed E-state index contributed by atoms with van der Waals surface area (Å²) in [7, 11) is 0. The number of carbonyl (C=O) groups excluding carboxylic acids is 1. The van der Waals surface area contributed by atoms with E-state index >= 15 is 0 Å². The van der Waals surface area contributed by atoms with Crippen molar-refractivity contribution < 1.29 is 9.18 Å². The van der Waals surface area contributed by atoms with Crippen LogP contribution in [-0.2, 0) is 4.79 Å². The van der Waals surface area contributed by atoms with Crippen molar-refractivity contribution in [1.82, 2.24) is 5.32 Å². The summed E-state index contributed by atoms with van der Waals surface area (Å²) in [6, 6.07) is 6.97. The molecule has 24 heavy (non-hydrogen) atoms. The van der Waals surface area contributed by atoms with Gasteiger partial charge in [-0.2, -0.15) is 0 Å². The minimum absolute atomic E-state index is 0. The van der Waals surface area contributed by atoms with Crippen LogP contribution in [0.15, 0.2) is 24.3 Å². The number of amides is 1. The van der Waals surface area contributed by atoms with E-state index < -0.39 is 0 Å². The minimum Gasteiger partial charge on any atom is -0.369 e. The summed E-state index contributed by atoms with van der Waals surface area (Å²) >= 11 is 0. The van der Waals surface area contributed by atoms with Crippen LogP contribution < -0.4 is 16.0 Å². The second kappa shape index (κ2) is 9.44. The number of carbonyl (C=O) groups is 1. The lowest BCUT2D eigenvalue weighted by Crippen LogP contribution is -2.49. The van der Waals surface area contributed by atoms with Gasteiger partial charge in [0.1, 0.15) is 5.82 Å². The van der Waals surface area contributed by atoms with Crippen molar-refractivity contribution in [3.63, 3.8) is 0 Å². The minimum atomic E-state index is -0.219. The fraction of sp³-hybridized carbons (Fsp3) is 0.588. The number of halogens is 3. The van der Waals surface area contributed by atoms with Crippen LogP contribution in [0, 0.1) is 11.7 Å². The molecule has 2 aliphatic rings. The number of rotatable bonds is 3. The average Bonchev–Trinajstić information content (AvgIpc) is 2.94. The fourth-order valence-corrected chi connectivity index (χ4v) is 3.58. The van der Waals surface area contributed by atoms with Gasteiger partial charge in [-0.05, 0) is 50.3 Å². The van der Waals surface area contributed by atoms with E-state index in [9.17, 15) is 9.18 Å². The van der Waals surface area contributed by atoms with Crippen LogP contribution in [-0.4, -0.2) is 31.1 Å². The van der Waals surface area contributed by atoms with Crippen molar-refractivity contribution in [1.29, 1.82) is 0 Å². The summed E-state index contributed by atoms with van der Waals surface area (Å²) in [6.45, 7) is 1.65. The molecule has 0 bridgehead atoms. The van der Waals surface area contributed by atoms with Crippen LogP contribution in [0.1, 0.15) is 32.1 Å². The van der Waals surface area contributed by atoms with E-state index in [-0.39, 0.29) is 54.5 Å². The van der Waals surface area contributed by atoms with Gasteiger partial charge in [0.2, 0.25) is 5.91 Å². The zero-order valence-corrected chi connectivity index (χ0v) is 15.3. The van der Waals surface area contributed by atoms with Gasteiger partial charge in [-0.3, -0.25) is 4.79 Å². The van der Waals surface area contributed by atoms with E-state index in [2.05, 4.69) is 10.2 Å². The van der Waals surface area contributed by atoms with Crippen molar-refractivity contribution in [2.75, 3.05) is 18.0 Å². The zero-order chi connectivity index (χ0) is 15.5. The first-order valence-corrected chi connectivity index (χ1v) is 8.18. The summed E-state index contributed by atoms with van der Waals surface area (Å²) < 4.78 is 13.4. The third-order valence-electron chi connectivity index (χ3n) is 4.79. The Morgan fingerprint density at radius 2 is 2.04 bits per heavy atom. The third-order valence-corrected chi connectivity index (χ3v) is 4.79. The van der Waals surface area contributed by atoms with Gasteiger partial charge in [0.15, 0.2) is 0 Å². The number of benzene rings is 1. The van der Waals surface area contributed by atoms with Crippen molar-refractivity contribution in [2.45, 2.75) is 44.2 Å². The second-order valence-corrected chi connectivity index (χ2v) is 6.54. The van der Waals surface area contributed by atoms with Crippen LogP contribution in [0.4, 0.5) is 10.1 Å². The molecule has 0 spiro atoms. The van der Waals surface area contributed by atoms with Crippen molar-refractivity contribution in [2.24, 2.45) is 11.7 Å². The molecule has 1 saturated carbocycles. The van der Waals surface area contributed by atoms with Gasteiger partial charge in [0.05, 0.1) is 0 Å². The highest BCUT2D eigenvalue weighted by Crippen LogP contribution is 2.25. The van der Waals surface area contributed by atoms with Crippen LogP contribution in [0.2, 0.25) is 0 Å². The van der Waals surface area contributed by atoms with E-state index in [1.54, 1.807) is 12.1 Å². The Labute approximate surface area is 155 Å². The molecule has 1 aliphatic heterocycles. The first-order valence-electron chi connectivity index (χ1n) is 8.18. The summed E-state index contributed by atoms with van der Waals surface area (Å²) in [5, 5.41) is 3.17. The quantitative estimate of drug-likeness (QED) is 0.851. The number of nitrogens with two attached hydrogens (primary N) is 1. The summed E-state index contributed by atoms with van der Waals surface area (Å²) in [5.41, 5.74) is 6.78. The predicted octanol–water partition coefficient (Wildman–Crippen LogP) is 2.88. The Balaban J connectivity index is 0.00000144. The van der Waals surface area contributed by atoms with E-state index in [4.69, 9.17) is 5.73 Å². The van der Waals surface area contributed by atoms with Gasteiger partial charge >= 0.3 is 0 Å². The number of nitrogens with zero attached hydrogens (tertiary/aromatic N) is 1. The molecule has 1 saturated heterocycles. The monoisotopic (exact) mass is 377 g/mol. The van der Waals surface area contributed by atoms with Crippen molar-refractivity contribution >= 4 is 36.4 Å². The Morgan fingerprint density at radius 1 is 1.25 bits per heavy atom. The fourth-order valence-electron chi connectivity index (χ4n) is 3.58. The highest BCUT2D eigenvalue weighted by molar-refractivity contribution is 5.85. The van der Waals surface area contributed by atoms with E-state index in [0.29, 0.717) is 0 Å². The lowest BCUT2D eigenvalue weighted by Gasteiger charge is -2.35. The largest absolute Gasteiger partial charge is 0.369 e. The van der Waals surface area contributed by atoms with E-state index in [0.717, 1.165) is 50.9 Å². The Bertz CT molecular complexity index is 546. The smallest absolute Gasteiger partial charge is 0.223 e. The number of anilines is 1. The molecule has 2 fully saturated rings. The highest BCUT2D eigenvalue weighted by atomic mass is 35.5. The molecular formula is C17H26Cl2FN3O. The second-order valence-electron chi connectivity index (χ2n) is 6.54. The molecule has 1 heterocycles. The molecule has 4 nitrogen and oxygen atoms in total. The highest BCUT2D eigenvalue weighted by Gasteiger charge is 2.30. The normalized spacial score (nSPS) is 26.2. The number of hydrogen-bond donors (Lipinski definition) is 2. The van der Waals surface area contributed by atoms with Crippen molar-refractivity contribution in [3.05, 3.63) is 30.1 Å². The van der Waals surface area contributed by atoms with Gasteiger partial charge in [0, 0.05) is 36.8 Å². The molecule has 1 aromatic carbocycles. The molecule has 1 aliphatic carbocycles. The zero-order valence-electron chi connectivity index (χ0n) is 13.6. The van der Waals surface area contributed by atoms with Gasteiger partial charge in [-0.25, -0.2) is 4.39 Å². The van der Waals surface area contributed by atoms with Crippen LogP contribution in [0.5, 0.6) is 0 Å². The molecule has 1 aromatic rings. The average molecular weight is 378 g/mol. The van der Waals surface area contributed by atoms with Crippen molar-refractivity contribution in [3.8, 4) is 0 Å². The maximum absolute atomic E-state index is 13.4. The molecule has 0 aromatic heterocycles. The summed E-state index contributed by atoms with van der Waals surface area (Å²) in [4.78, 5) is 14.5. The van der Waals surface area contributed by atoms with Gasteiger partial charge in [0.25, 0.3) is 0 Å². The first kappa shape index (κ1) is 21.0. The lowest BCUT2D eigenvalue weighted by atomic mass is 10.0. The Morgan fingerprint density at radius 3 is 2.71 bits per heavy atom. The lowest BCUT2D eigenvalue weighted by molar-refractivity contribution is -0.125. The molecule has 3 N–H and O–H groups in total. The van der Waals surface area contributed by atoms with Gasteiger partial charge < -0.3 is 16.0 Å². The number of hydrogen-bond acceptors (Lipinski definition) is 3. The first-order chi connectivity index (χ1) is 10.6. The molecule has 3 unspecified atom stereocenters. The molecule has 3 atom stereocenters. The molecular weight excluding hydrogens is 352 g/mol. The van der Waals surface area contributed by atoms with E-state index in [1.165, 1.54) is 6.07 Å². The van der Waals surface area contributed by atoms with Crippen LogP contribution >= 0.6 is 24.8 Å². The molecule has 136 valence electrons. The number of piperidine rings is 1. The molecule has 7 heteroatoms. The SMILES string of the molecule is Cl.Cl.NC1CCC(C(=O)NC2CCCN(c3cccc(F)c3)C2)C1. The Hall–Kier alpha value is -1.04. The Kier molecular flexibility index (Phi) is 8.27. The molecule has 1 amide bonds. The standard InChI is InChI=1S/C17H24FN3O.2ClH/c18-13-3-1-5-16(10-13)21-8-2-4-15(11-21)20-17(22)12-6-7-14(19)9-12;;/h1,3,5,10,12,14-15H,2,4,6-9,11,19H2,(H,20,22);2*1H. The maximum Gasteiger partial charge on any atom is 0.223 e. The van der Waals surface area contributed by atoms with Crippen LogP contribution in [0.25, 0.3) is 0 Å². The maximum atomic E-state index is 13.4. The van der Waals surface area contributed by atoms with E-state index in [1.807, 2.05) is 6.07 Å². The topological polar surface area (TPSA) is 58.4 Å². The van der Waals surface area contributed by atoms with Gasteiger partial charge in [-0.15, -0.1) is 24.8 Å². The predicted molar refractivity (Wildman–Crippen MR) is 99.6 cm³/mol.